The molecule has 1 rings (SSSR count). The summed E-state index contributed by atoms with van der Waals surface area (Å²) in [5.74, 6) is -0.572. The zero-order valence-electron chi connectivity index (χ0n) is 9.04. The molecule has 0 spiro atoms. The van der Waals surface area contributed by atoms with Crippen LogP contribution in [0.1, 0.15) is 0 Å². The molecule has 0 radical (unpaired) electrons. The molecule has 3 N–H and O–H groups in total. The number of ether oxygens (including phenoxy) is 1. The standard InChI is InChI=1S/C10H11ClF3NO3/c11-7-2-1-3-8(15-4-6(17)5-16)9(7)18-10(12,13)14/h1-3,6,15-17H,4-5H2. The van der Waals surface area contributed by atoms with Crippen molar-refractivity contribution in [3.8, 4) is 5.75 Å². The van der Waals surface area contributed by atoms with Gasteiger partial charge in [-0.2, -0.15) is 0 Å². The van der Waals surface area contributed by atoms with Crippen molar-refractivity contribution in [3.63, 3.8) is 0 Å². The highest BCUT2D eigenvalue weighted by Crippen LogP contribution is 2.36. The van der Waals surface area contributed by atoms with E-state index in [2.05, 4.69) is 10.1 Å². The fourth-order valence-corrected chi connectivity index (χ4v) is 1.37. The Bertz CT molecular complexity index is 400. The maximum atomic E-state index is 12.2. The van der Waals surface area contributed by atoms with Crippen molar-refractivity contribution >= 4 is 17.3 Å². The Morgan fingerprint density at radius 3 is 2.61 bits per heavy atom. The molecule has 18 heavy (non-hydrogen) atoms. The first-order chi connectivity index (χ1) is 8.33. The highest BCUT2D eigenvalue weighted by atomic mass is 35.5. The van der Waals surface area contributed by atoms with Crippen molar-refractivity contribution in [2.75, 3.05) is 18.5 Å². The number of benzene rings is 1. The topological polar surface area (TPSA) is 61.7 Å². The maximum Gasteiger partial charge on any atom is 0.573 e. The monoisotopic (exact) mass is 285 g/mol. The number of rotatable bonds is 5. The molecule has 0 aliphatic carbocycles. The fourth-order valence-electron chi connectivity index (χ4n) is 1.16. The van der Waals surface area contributed by atoms with Gasteiger partial charge in [-0.25, -0.2) is 0 Å². The minimum absolute atomic E-state index is 0.0210. The van der Waals surface area contributed by atoms with Gasteiger partial charge in [0.2, 0.25) is 0 Å². The van der Waals surface area contributed by atoms with Gasteiger partial charge in [0, 0.05) is 6.54 Å². The summed E-state index contributed by atoms with van der Waals surface area (Å²) in [5, 5.41) is 20.0. The Morgan fingerprint density at radius 2 is 2.06 bits per heavy atom. The second-order valence-electron chi connectivity index (χ2n) is 3.38. The third-order valence-corrected chi connectivity index (χ3v) is 2.22. The van der Waals surface area contributed by atoms with Crippen LogP contribution in [0.5, 0.6) is 5.75 Å². The zero-order valence-corrected chi connectivity index (χ0v) is 9.79. The summed E-state index contributed by atoms with van der Waals surface area (Å²) >= 11 is 5.61. The van der Waals surface area contributed by atoms with Crippen molar-refractivity contribution < 1.29 is 28.1 Å². The van der Waals surface area contributed by atoms with E-state index in [9.17, 15) is 13.2 Å². The smallest absolute Gasteiger partial charge is 0.402 e. The highest BCUT2D eigenvalue weighted by molar-refractivity contribution is 6.32. The van der Waals surface area contributed by atoms with Crippen molar-refractivity contribution in [1.82, 2.24) is 0 Å². The quantitative estimate of drug-likeness (QED) is 0.774. The third kappa shape index (κ3) is 4.59. The highest BCUT2D eigenvalue weighted by Gasteiger charge is 2.33. The number of hydrogen-bond acceptors (Lipinski definition) is 4. The lowest BCUT2D eigenvalue weighted by atomic mass is 10.2. The predicted molar refractivity (Wildman–Crippen MR) is 59.7 cm³/mol. The first kappa shape index (κ1) is 14.9. The molecule has 0 heterocycles. The van der Waals surface area contributed by atoms with Crippen molar-refractivity contribution in [2.24, 2.45) is 0 Å². The molecule has 1 aromatic rings. The number of alkyl halides is 3. The fraction of sp³-hybridized carbons (Fsp3) is 0.400. The number of aliphatic hydroxyl groups excluding tert-OH is 2. The number of anilines is 1. The van der Waals surface area contributed by atoms with Gasteiger partial charge in [-0.1, -0.05) is 17.7 Å². The molecule has 0 aliphatic heterocycles. The summed E-state index contributed by atoms with van der Waals surface area (Å²) < 4.78 is 40.3. The Morgan fingerprint density at radius 1 is 1.39 bits per heavy atom. The lowest BCUT2D eigenvalue weighted by molar-refractivity contribution is -0.274. The van der Waals surface area contributed by atoms with Gasteiger partial charge < -0.3 is 20.3 Å². The van der Waals surface area contributed by atoms with Crippen LogP contribution in [-0.2, 0) is 0 Å². The summed E-state index contributed by atoms with van der Waals surface area (Å²) in [5.41, 5.74) is -0.0210. The van der Waals surface area contributed by atoms with Crippen molar-refractivity contribution in [2.45, 2.75) is 12.5 Å². The number of para-hydroxylation sites is 1. The lowest BCUT2D eigenvalue weighted by Gasteiger charge is -2.16. The number of hydrogen-bond donors (Lipinski definition) is 3. The molecule has 0 saturated carbocycles. The summed E-state index contributed by atoms with van der Waals surface area (Å²) in [6.07, 6.45) is -5.96. The van der Waals surface area contributed by atoms with Gasteiger partial charge >= 0.3 is 6.36 Å². The number of aliphatic hydroxyl groups is 2. The van der Waals surface area contributed by atoms with Crippen LogP contribution in [-0.4, -0.2) is 35.8 Å². The molecule has 0 saturated heterocycles. The van der Waals surface area contributed by atoms with Crippen LogP contribution in [0.25, 0.3) is 0 Å². The second-order valence-corrected chi connectivity index (χ2v) is 3.79. The van der Waals surface area contributed by atoms with Crippen LogP contribution >= 0.6 is 11.6 Å². The minimum atomic E-state index is -4.86. The van der Waals surface area contributed by atoms with E-state index >= 15 is 0 Å². The van der Waals surface area contributed by atoms with Crippen molar-refractivity contribution in [3.05, 3.63) is 23.2 Å². The molecule has 1 aromatic carbocycles. The first-order valence-corrected chi connectivity index (χ1v) is 5.28. The van der Waals surface area contributed by atoms with E-state index in [4.69, 9.17) is 21.8 Å². The summed E-state index contributed by atoms with van der Waals surface area (Å²) in [6.45, 7) is -0.645. The third-order valence-electron chi connectivity index (χ3n) is 1.92. The Labute approximate surface area is 106 Å². The molecule has 0 aliphatic rings. The number of nitrogens with one attached hydrogen (secondary N) is 1. The maximum absolute atomic E-state index is 12.2. The second kappa shape index (κ2) is 6.12. The van der Waals surface area contributed by atoms with Gasteiger partial charge in [-0.3, -0.25) is 0 Å². The van der Waals surface area contributed by atoms with Crippen LogP contribution in [0.2, 0.25) is 5.02 Å². The molecule has 102 valence electrons. The van der Waals surface area contributed by atoms with Crippen LogP contribution in [0.15, 0.2) is 18.2 Å². The van der Waals surface area contributed by atoms with Crippen LogP contribution < -0.4 is 10.1 Å². The summed E-state index contributed by atoms with van der Waals surface area (Å²) in [6, 6.07) is 3.99. The average Bonchev–Trinajstić information content (AvgIpc) is 2.28. The Kier molecular flexibility index (Phi) is 5.06. The molecule has 0 aromatic heterocycles. The molecule has 0 bridgehead atoms. The average molecular weight is 286 g/mol. The van der Waals surface area contributed by atoms with Crippen LogP contribution in [0.4, 0.5) is 18.9 Å². The summed E-state index contributed by atoms with van der Waals surface area (Å²) in [7, 11) is 0. The minimum Gasteiger partial charge on any atom is -0.402 e. The zero-order chi connectivity index (χ0) is 13.8. The SMILES string of the molecule is OCC(O)CNc1cccc(Cl)c1OC(F)(F)F. The molecule has 8 heteroatoms. The largest absolute Gasteiger partial charge is 0.573 e. The molecule has 1 atom stereocenters. The predicted octanol–water partition coefficient (Wildman–Crippen LogP) is 2.00. The van der Waals surface area contributed by atoms with Gasteiger partial charge in [-0.15, -0.1) is 13.2 Å². The lowest BCUT2D eigenvalue weighted by Crippen LogP contribution is -2.24. The molecular weight excluding hydrogens is 275 g/mol. The van der Waals surface area contributed by atoms with E-state index < -0.39 is 24.8 Å². The Hall–Kier alpha value is -1.18. The summed E-state index contributed by atoms with van der Waals surface area (Å²) in [4.78, 5) is 0. The van der Waals surface area contributed by atoms with Crippen molar-refractivity contribution in [1.29, 1.82) is 0 Å². The molecular formula is C10H11ClF3NO3. The van der Waals surface area contributed by atoms with E-state index in [-0.39, 0.29) is 17.3 Å². The van der Waals surface area contributed by atoms with E-state index in [1.807, 2.05) is 0 Å². The van der Waals surface area contributed by atoms with E-state index in [0.29, 0.717) is 0 Å². The van der Waals surface area contributed by atoms with Crippen LogP contribution in [0.3, 0.4) is 0 Å². The molecule has 4 nitrogen and oxygen atoms in total. The van der Waals surface area contributed by atoms with E-state index in [0.717, 1.165) is 0 Å². The molecule has 0 fully saturated rings. The van der Waals surface area contributed by atoms with Gasteiger partial charge in [0.15, 0.2) is 5.75 Å². The van der Waals surface area contributed by atoms with E-state index in [1.165, 1.54) is 18.2 Å². The Balaban J connectivity index is 2.87. The van der Waals surface area contributed by atoms with Gasteiger partial charge in [0.25, 0.3) is 0 Å². The number of halogens is 4. The first-order valence-electron chi connectivity index (χ1n) is 4.90. The molecule has 1 unspecified atom stereocenters. The van der Waals surface area contributed by atoms with Gasteiger partial charge in [0.05, 0.1) is 23.4 Å². The molecule has 0 amide bonds. The normalized spacial score (nSPS) is 13.2. The van der Waals surface area contributed by atoms with E-state index in [1.54, 1.807) is 0 Å². The van der Waals surface area contributed by atoms with Gasteiger partial charge in [0.1, 0.15) is 0 Å². The van der Waals surface area contributed by atoms with Crippen LogP contribution in [0, 0.1) is 0 Å². The van der Waals surface area contributed by atoms with Gasteiger partial charge in [-0.05, 0) is 12.1 Å².